The van der Waals surface area contributed by atoms with Crippen molar-refractivity contribution in [2.24, 2.45) is 0 Å². The van der Waals surface area contributed by atoms with Crippen molar-refractivity contribution in [1.82, 2.24) is 10.3 Å². The average molecular weight is 345 g/mol. The maximum Gasteiger partial charge on any atom is 0.253 e. The molecule has 4 nitrogen and oxygen atoms in total. The van der Waals surface area contributed by atoms with Gasteiger partial charge in [-0.05, 0) is 30.3 Å². The number of halogens is 1. The molecule has 0 aliphatic heterocycles. The Morgan fingerprint density at radius 3 is 2.95 bits per heavy atom. The summed E-state index contributed by atoms with van der Waals surface area (Å²) < 4.78 is 6.41. The number of hydrogen-bond acceptors (Lipinski definition) is 3. The Hall–Kier alpha value is -2.32. The molecular weight excluding hydrogens is 332 g/mol. The lowest BCUT2D eigenvalue weighted by molar-refractivity contribution is 0.0958. The van der Waals surface area contributed by atoms with Crippen molar-refractivity contribution < 1.29 is 9.53 Å². The quantitative estimate of drug-likeness (QED) is 0.867. The van der Waals surface area contributed by atoms with Gasteiger partial charge in [-0.1, -0.05) is 33.8 Å². The number of nitrogens with zero attached hydrogens (tertiary/aromatic N) is 1. The van der Waals surface area contributed by atoms with Gasteiger partial charge in [-0.3, -0.25) is 9.78 Å². The molecule has 5 heteroatoms. The van der Waals surface area contributed by atoms with Crippen molar-refractivity contribution in [3.63, 3.8) is 0 Å². The van der Waals surface area contributed by atoms with E-state index in [4.69, 9.17) is 4.74 Å². The van der Waals surface area contributed by atoms with Crippen LogP contribution in [0.4, 0.5) is 0 Å². The van der Waals surface area contributed by atoms with Crippen LogP contribution < -0.4 is 10.1 Å². The van der Waals surface area contributed by atoms with Gasteiger partial charge >= 0.3 is 0 Å². The third kappa shape index (κ3) is 5.28. The summed E-state index contributed by atoms with van der Waals surface area (Å²) in [6, 6.07) is 11.0. The summed E-state index contributed by atoms with van der Waals surface area (Å²) in [5.41, 5.74) is 0.518. The second-order valence-corrected chi connectivity index (χ2v) is 4.94. The second kappa shape index (κ2) is 8.08. The monoisotopic (exact) mass is 344 g/mol. The number of hydrogen-bond donors (Lipinski definition) is 1. The molecule has 2 rings (SSSR count). The zero-order valence-electron chi connectivity index (χ0n) is 11.2. The van der Waals surface area contributed by atoms with Crippen molar-refractivity contribution in [2.75, 3.05) is 13.2 Å². The van der Waals surface area contributed by atoms with Crippen LogP contribution in [0.1, 0.15) is 10.4 Å². The van der Waals surface area contributed by atoms with Gasteiger partial charge in [0, 0.05) is 16.9 Å². The highest BCUT2D eigenvalue weighted by molar-refractivity contribution is 9.10. The molecule has 1 N–H and O–H groups in total. The highest BCUT2D eigenvalue weighted by atomic mass is 79.9. The molecule has 1 aromatic carbocycles. The molecule has 0 bridgehead atoms. The third-order valence-corrected chi connectivity index (χ3v) is 2.99. The number of pyridine rings is 1. The maximum absolute atomic E-state index is 11.7. The molecule has 0 saturated heterocycles. The maximum atomic E-state index is 11.7. The lowest BCUT2D eigenvalue weighted by Gasteiger charge is -2.01. The minimum absolute atomic E-state index is 0.190. The summed E-state index contributed by atoms with van der Waals surface area (Å²) in [7, 11) is 0. The highest BCUT2D eigenvalue weighted by Gasteiger charge is 2.01. The van der Waals surface area contributed by atoms with Crippen molar-refractivity contribution in [3.8, 4) is 17.6 Å². The Labute approximate surface area is 131 Å². The van der Waals surface area contributed by atoms with Crippen molar-refractivity contribution in [3.05, 3.63) is 58.8 Å². The predicted molar refractivity (Wildman–Crippen MR) is 84.0 cm³/mol. The fourth-order valence-corrected chi connectivity index (χ4v) is 1.89. The summed E-state index contributed by atoms with van der Waals surface area (Å²) in [4.78, 5) is 15.6. The van der Waals surface area contributed by atoms with Crippen LogP contribution in [0, 0.1) is 11.8 Å². The molecular formula is C16H13BrN2O2. The minimum Gasteiger partial charge on any atom is -0.481 e. The summed E-state index contributed by atoms with van der Waals surface area (Å²) >= 11 is 3.37. The average Bonchev–Trinajstić information content (AvgIpc) is 2.51. The van der Waals surface area contributed by atoms with Gasteiger partial charge in [-0.25, -0.2) is 0 Å². The fraction of sp³-hybridized carbons (Fsp3) is 0.125. The first-order valence-corrected chi connectivity index (χ1v) is 7.07. The van der Waals surface area contributed by atoms with Gasteiger partial charge in [0.1, 0.15) is 12.4 Å². The second-order valence-electron chi connectivity index (χ2n) is 4.02. The van der Waals surface area contributed by atoms with Crippen LogP contribution in [0.25, 0.3) is 0 Å². The van der Waals surface area contributed by atoms with Gasteiger partial charge in [0.05, 0.1) is 12.1 Å². The molecule has 0 fully saturated rings. The van der Waals surface area contributed by atoms with Crippen molar-refractivity contribution in [1.29, 1.82) is 0 Å². The van der Waals surface area contributed by atoms with Crippen LogP contribution in [-0.2, 0) is 0 Å². The Morgan fingerprint density at radius 2 is 2.19 bits per heavy atom. The zero-order chi connectivity index (χ0) is 14.9. The van der Waals surface area contributed by atoms with E-state index < -0.39 is 0 Å². The fourth-order valence-electron chi connectivity index (χ4n) is 1.51. The molecule has 1 aromatic heterocycles. The lowest BCUT2D eigenvalue weighted by atomic mass is 10.3. The van der Waals surface area contributed by atoms with Gasteiger partial charge in [0.15, 0.2) is 0 Å². The number of carbonyl (C=O) groups excluding carboxylic acids is 1. The Bertz CT molecular complexity index is 663. The summed E-state index contributed by atoms with van der Waals surface area (Å²) in [6.45, 7) is 0.550. The molecule has 1 heterocycles. The van der Waals surface area contributed by atoms with Crippen LogP contribution in [0.2, 0.25) is 0 Å². The molecule has 0 aliphatic carbocycles. The molecule has 0 aliphatic rings. The summed E-state index contributed by atoms with van der Waals surface area (Å²) in [6.07, 6.45) is 3.13. The molecule has 0 spiro atoms. The van der Waals surface area contributed by atoms with Crippen molar-refractivity contribution in [2.45, 2.75) is 0 Å². The number of carbonyl (C=O) groups is 1. The van der Waals surface area contributed by atoms with E-state index in [1.54, 1.807) is 18.3 Å². The van der Waals surface area contributed by atoms with Crippen molar-refractivity contribution >= 4 is 21.8 Å². The normalized spacial score (nSPS) is 9.38. The third-order valence-electron chi connectivity index (χ3n) is 2.49. The zero-order valence-corrected chi connectivity index (χ0v) is 12.8. The molecule has 0 atom stereocenters. The first-order chi connectivity index (χ1) is 10.3. The molecule has 0 saturated carbocycles. The van der Waals surface area contributed by atoms with E-state index in [1.807, 2.05) is 24.3 Å². The standard InChI is InChI=1S/C16H13BrN2O2/c17-14-6-3-7-15(11-14)21-10-2-1-9-19-16(20)13-5-4-8-18-12-13/h3-8,11-12H,9-10H2,(H,19,20). The largest absolute Gasteiger partial charge is 0.481 e. The number of amides is 1. The van der Waals surface area contributed by atoms with Crippen LogP contribution in [0.15, 0.2) is 53.3 Å². The molecule has 1 amide bonds. The van der Waals surface area contributed by atoms with Crippen LogP contribution in [0.3, 0.4) is 0 Å². The van der Waals surface area contributed by atoms with E-state index in [0.29, 0.717) is 5.56 Å². The SMILES string of the molecule is O=C(NCC#CCOc1cccc(Br)c1)c1cccnc1. The minimum atomic E-state index is -0.190. The van der Waals surface area contributed by atoms with E-state index in [9.17, 15) is 4.79 Å². The number of ether oxygens (including phenoxy) is 1. The van der Waals surface area contributed by atoms with Gasteiger partial charge < -0.3 is 10.1 Å². The predicted octanol–water partition coefficient (Wildman–Crippen LogP) is 2.66. The summed E-state index contributed by atoms with van der Waals surface area (Å²) in [5.74, 6) is 6.23. The van der Waals surface area contributed by atoms with Crippen LogP contribution >= 0.6 is 15.9 Å². The van der Waals surface area contributed by atoms with Gasteiger partial charge in [0.2, 0.25) is 0 Å². The number of aromatic nitrogens is 1. The molecule has 2 aromatic rings. The van der Waals surface area contributed by atoms with E-state index in [0.717, 1.165) is 10.2 Å². The smallest absolute Gasteiger partial charge is 0.253 e. The lowest BCUT2D eigenvalue weighted by Crippen LogP contribution is -2.23. The number of rotatable bonds is 4. The number of nitrogens with one attached hydrogen (secondary N) is 1. The first kappa shape index (κ1) is 15.1. The van der Waals surface area contributed by atoms with E-state index >= 15 is 0 Å². The Morgan fingerprint density at radius 1 is 1.29 bits per heavy atom. The van der Waals surface area contributed by atoms with E-state index in [2.05, 4.69) is 38.1 Å². The first-order valence-electron chi connectivity index (χ1n) is 6.28. The van der Waals surface area contributed by atoms with Crippen LogP contribution in [0.5, 0.6) is 5.75 Å². The Balaban J connectivity index is 1.71. The number of benzene rings is 1. The molecule has 0 unspecified atom stereocenters. The van der Waals surface area contributed by atoms with E-state index in [1.165, 1.54) is 6.20 Å². The topological polar surface area (TPSA) is 51.2 Å². The van der Waals surface area contributed by atoms with E-state index in [-0.39, 0.29) is 19.1 Å². The summed E-state index contributed by atoms with van der Waals surface area (Å²) in [5, 5.41) is 2.69. The van der Waals surface area contributed by atoms with Gasteiger partial charge in [0.25, 0.3) is 5.91 Å². The van der Waals surface area contributed by atoms with Gasteiger partial charge in [-0.15, -0.1) is 0 Å². The molecule has 0 radical (unpaired) electrons. The molecule has 106 valence electrons. The highest BCUT2D eigenvalue weighted by Crippen LogP contribution is 2.17. The van der Waals surface area contributed by atoms with Crippen LogP contribution in [-0.4, -0.2) is 24.0 Å². The Kier molecular flexibility index (Phi) is 5.80. The van der Waals surface area contributed by atoms with Gasteiger partial charge in [-0.2, -0.15) is 0 Å². The molecule has 21 heavy (non-hydrogen) atoms.